The van der Waals surface area contributed by atoms with Crippen LogP contribution in [0.1, 0.15) is 27.3 Å². The number of carboxylic acid groups (broad SMARTS) is 1. The van der Waals surface area contributed by atoms with Crippen LogP contribution in [0.15, 0.2) is 65.8 Å². The van der Waals surface area contributed by atoms with E-state index in [9.17, 15) is 13.2 Å². The first kappa shape index (κ1) is 20.2. The van der Waals surface area contributed by atoms with Gasteiger partial charge in [0.05, 0.1) is 23.0 Å². The predicted molar refractivity (Wildman–Crippen MR) is 108 cm³/mol. The van der Waals surface area contributed by atoms with Gasteiger partial charge in [-0.25, -0.2) is 18.2 Å². The maximum absolute atomic E-state index is 11.9. The van der Waals surface area contributed by atoms with E-state index in [4.69, 9.17) is 9.84 Å². The summed E-state index contributed by atoms with van der Waals surface area (Å²) < 4.78 is 29.7. The van der Waals surface area contributed by atoms with Crippen LogP contribution in [-0.2, 0) is 16.4 Å². The molecular formula is C21H18N2O5S. The van der Waals surface area contributed by atoms with E-state index < -0.39 is 15.8 Å². The molecule has 7 nitrogen and oxygen atoms in total. The molecule has 1 aromatic heterocycles. The third-order valence-electron chi connectivity index (χ3n) is 3.97. The molecule has 8 heteroatoms. The van der Waals surface area contributed by atoms with Crippen molar-refractivity contribution in [3.8, 4) is 5.75 Å². The summed E-state index contributed by atoms with van der Waals surface area (Å²) in [5.41, 5.74) is 1.79. The van der Waals surface area contributed by atoms with Crippen molar-refractivity contribution in [1.82, 2.24) is 9.97 Å². The Morgan fingerprint density at radius 2 is 1.83 bits per heavy atom. The summed E-state index contributed by atoms with van der Waals surface area (Å²) in [6.45, 7) is 0.326. The average Bonchev–Trinajstić information content (AvgIpc) is 2.71. The van der Waals surface area contributed by atoms with Gasteiger partial charge >= 0.3 is 5.97 Å². The maximum atomic E-state index is 11.9. The lowest BCUT2D eigenvalue weighted by molar-refractivity contribution is 0.0690. The molecule has 0 aliphatic heterocycles. The van der Waals surface area contributed by atoms with Crippen molar-refractivity contribution < 1.29 is 23.1 Å². The Balaban J connectivity index is 1.89. The minimum Gasteiger partial charge on any atom is -0.488 e. The van der Waals surface area contributed by atoms with E-state index in [0.29, 0.717) is 23.6 Å². The van der Waals surface area contributed by atoms with Crippen LogP contribution in [0, 0.1) is 0 Å². The Hall–Kier alpha value is -3.52. The number of benzene rings is 2. The molecule has 2 aromatic carbocycles. The van der Waals surface area contributed by atoms with Gasteiger partial charge in [0.15, 0.2) is 15.5 Å². The summed E-state index contributed by atoms with van der Waals surface area (Å²) >= 11 is 0. The normalized spacial score (nSPS) is 11.5. The molecule has 1 N–H and O–H groups in total. The highest BCUT2D eigenvalue weighted by molar-refractivity contribution is 7.90. The van der Waals surface area contributed by atoms with E-state index in [-0.39, 0.29) is 10.6 Å². The average molecular weight is 410 g/mol. The second kappa shape index (κ2) is 8.66. The fourth-order valence-corrected chi connectivity index (χ4v) is 3.12. The standard InChI is InChI=1S/C21H18N2O5S/c1-29(26,27)18-9-10-20(28-14-15-5-3-2-4-6-15)16(11-18)7-8-17-12-23-19(13-22-17)21(24)25/h2-13H,14H2,1H3,(H,24,25)/b8-7+. The Morgan fingerprint density at radius 1 is 1.07 bits per heavy atom. The van der Waals surface area contributed by atoms with Gasteiger partial charge < -0.3 is 9.84 Å². The number of rotatable bonds is 7. The Morgan fingerprint density at radius 3 is 2.45 bits per heavy atom. The van der Waals surface area contributed by atoms with Gasteiger partial charge in [0, 0.05) is 11.8 Å². The van der Waals surface area contributed by atoms with Crippen LogP contribution in [0.3, 0.4) is 0 Å². The highest BCUT2D eigenvalue weighted by Crippen LogP contribution is 2.25. The van der Waals surface area contributed by atoms with E-state index in [1.54, 1.807) is 18.2 Å². The molecule has 0 radical (unpaired) electrons. The molecule has 3 aromatic rings. The summed E-state index contributed by atoms with van der Waals surface area (Å²) in [6, 6.07) is 14.2. The van der Waals surface area contributed by atoms with Gasteiger partial charge in [-0.1, -0.05) is 30.3 Å². The lowest BCUT2D eigenvalue weighted by atomic mass is 10.1. The summed E-state index contributed by atoms with van der Waals surface area (Å²) in [5.74, 6) is -0.655. The number of nitrogens with zero attached hydrogens (tertiary/aromatic N) is 2. The van der Waals surface area contributed by atoms with Crippen molar-refractivity contribution in [2.75, 3.05) is 6.26 Å². The molecular weight excluding hydrogens is 392 g/mol. The van der Waals surface area contributed by atoms with Crippen molar-refractivity contribution in [1.29, 1.82) is 0 Å². The van der Waals surface area contributed by atoms with Gasteiger partial charge in [-0.2, -0.15) is 0 Å². The highest BCUT2D eigenvalue weighted by Gasteiger charge is 2.11. The van der Waals surface area contributed by atoms with Crippen LogP contribution in [0.5, 0.6) is 5.75 Å². The van der Waals surface area contributed by atoms with Gasteiger partial charge in [-0.15, -0.1) is 0 Å². The number of hydrogen-bond donors (Lipinski definition) is 1. The fourth-order valence-electron chi connectivity index (χ4n) is 2.46. The van der Waals surface area contributed by atoms with Crippen LogP contribution < -0.4 is 4.74 Å². The first-order valence-corrected chi connectivity index (χ1v) is 10.5. The van der Waals surface area contributed by atoms with Crippen molar-refractivity contribution in [2.24, 2.45) is 0 Å². The van der Waals surface area contributed by atoms with Crippen molar-refractivity contribution in [3.63, 3.8) is 0 Å². The lowest BCUT2D eigenvalue weighted by Gasteiger charge is -2.11. The number of sulfone groups is 1. The molecule has 0 bridgehead atoms. The van der Waals surface area contributed by atoms with E-state index in [2.05, 4.69) is 9.97 Å². The van der Waals surface area contributed by atoms with Crippen LogP contribution in [-0.4, -0.2) is 35.7 Å². The lowest BCUT2D eigenvalue weighted by Crippen LogP contribution is -2.01. The Labute approximate surface area is 168 Å². The van der Waals surface area contributed by atoms with E-state index >= 15 is 0 Å². The Kier molecular flexibility index (Phi) is 6.04. The molecule has 1 heterocycles. The molecule has 0 amide bonds. The molecule has 0 saturated heterocycles. The zero-order valence-corrected chi connectivity index (χ0v) is 16.3. The minimum absolute atomic E-state index is 0.159. The molecule has 0 fully saturated rings. The van der Waals surface area contributed by atoms with E-state index in [1.165, 1.54) is 18.3 Å². The number of carboxylic acids is 1. The molecule has 148 valence electrons. The third-order valence-corrected chi connectivity index (χ3v) is 5.08. The smallest absolute Gasteiger partial charge is 0.356 e. The number of aromatic nitrogens is 2. The molecule has 0 atom stereocenters. The predicted octanol–water partition coefficient (Wildman–Crippen LogP) is 3.33. The van der Waals surface area contributed by atoms with Gasteiger partial charge in [-0.05, 0) is 35.9 Å². The SMILES string of the molecule is CS(=O)(=O)c1ccc(OCc2ccccc2)c(/C=C/c2cnc(C(=O)O)cn2)c1. The van der Waals surface area contributed by atoms with Crippen LogP contribution in [0.2, 0.25) is 0 Å². The summed E-state index contributed by atoms with van der Waals surface area (Å²) in [6.07, 6.45) is 6.87. The summed E-state index contributed by atoms with van der Waals surface area (Å²) in [4.78, 5) is 18.9. The third kappa shape index (κ3) is 5.49. The van der Waals surface area contributed by atoms with E-state index in [0.717, 1.165) is 18.0 Å². The van der Waals surface area contributed by atoms with Crippen molar-refractivity contribution in [2.45, 2.75) is 11.5 Å². The number of aromatic carboxylic acids is 1. The summed E-state index contributed by atoms with van der Waals surface area (Å²) in [7, 11) is -3.39. The van der Waals surface area contributed by atoms with Crippen LogP contribution >= 0.6 is 0 Å². The largest absolute Gasteiger partial charge is 0.488 e. The molecule has 0 aliphatic rings. The molecule has 29 heavy (non-hydrogen) atoms. The zero-order chi connectivity index (χ0) is 20.9. The highest BCUT2D eigenvalue weighted by atomic mass is 32.2. The van der Waals surface area contributed by atoms with Crippen molar-refractivity contribution in [3.05, 3.63) is 83.4 Å². The zero-order valence-electron chi connectivity index (χ0n) is 15.5. The topological polar surface area (TPSA) is 106 Å². The number of carbonyl (C=O) groups is 1. The Bertz CT molecular complexity index is 1140. The number of ether oxygens (including phenoxy) is 1. The van der Waals surface area contributed by atoms with Crippen molar-refractivity contribution >= 4 is 28.0 Å². The van der Waals surface area contributed by atoms with Gasteiger partial charge in [0.25, 0.3) is 0 Å². The molecule has 0 unspecified atom stereocenters. The summed E-state index contributed by atoms with van der Waals surface area (Å²) in [5, 5.41) is 8.89. The quantitative estimate of drug-likeness (QED) is 0.637. The maximum Gasteiger partial charge on any atom is 0.356 e. The molecule has 0 aliphatic carbocycles. The first-order valence-electron chi connectivity index (χ1n) is 8.57. The molecule has 3 rings (SSSR count). The minimum atomic E-state index is -3.39. The van der Waals surface area contributed by atoms with Gasteiger partial charge in [0.2, 0.25) is 0 Å². The molecule has 0 saturated carbocycles. The fraction of sp³-hybridized carbons (Fsp3) is 0.0952. The molecule has 0 spiro atoms. The first-order chi connectivity index (χ1) is 13.8. The van der Waals surface area contributed by atoms with Crippen LogP contribution in [0.4, 0.5) is 0 Å². The van der Waals surface area contributed by atoms with E-state index in [1.807, 2.05) is 30.3 Å². The second-order valence-electron chi connectivity index (χ2n) is 6.21. The van der Waals surface area contributed by atoms with Gasteiger partial charge in [-0.3, -0.25) is 4.98 Å². The number of hydrogen-bond acceptors (Lipinski definition) is 6. The monoisotopic (exact) mass is 410 g/mol. The van der Waals surface area contributed by atoms with Gasteiger partial charge in [0.1, 0.15) is 12.4 Å². The second-order valence-corrected chi connectivity index (χ2v) is 8.23. The van der Waals surface area contributed by atoms with Crippen LogP contribution in [0.25, 0.3) is 12.2 Å².